The largest absolute Gasteiger partial charge is 0.379 e. The number of aromatic nitrogens is 2. The molecular formula is C18H25N5O2. The van der Waals surface area contributed by atoms with Crippen molar-refractivity contribution in [3.63, 3.8) is 0 Å². The van der Waals surface area contributed by atoms with E-state index in [4.69, 9.17) is 4.74 Å². The first-order valence-electron chi connectivity index (χ1n) is 9.01. The zero-order valence-corrected chi connectivity index (χ0v) is 14.4. The number of fused-ring (bicyclic) bond motifs is 1. The number of nitrogens with zero attached hydrogens (tertiary/aromatic N) is 3. The Morgan fingerprint density at radius 2 is 2.16 bits per heavy atom. The van der Waals surface area contributed by atoms with Gasteiger partial charge < -0.3 is 15.0 Å². The molecule has 7 nitrogen and oxygen atoms in total. The summed E-state index contributed by atoms with van der Waals surface area (Å²) < 4.78 is 5.37. The molecule has 1 amide bonds. The molecule has 1 aromatic heterocycles. The van der Waals surface area contributed by atoms with Crippen LogP contribution in [0.1, 0.15) is 12.0 Å². The maximum absolute atomic E-state index is 12.2. The Labute approximate surface area is 147 Å². The minimum absolute atomic E-state index is 0.231. The topological polar surface area (TPSA) is 73.5 Å². The second-order valence-corrected chi connectivity index (χ2v) is 6.87. The molecule has 2 saturated heterocycles. The molecule has 1 atom stereocenters. The van der Waals surface area contributed by atoms with E-state index in [0.29, 0.717) is 6.42 Å². The number of rotatable bonds is 6. The average Bonchev–Trinajstić information content (AvgIpc) is 3.25. The fourth-order valence-corrected chi connectivity index (χ4v) is 3.57. The summed E-state index contributed by atoms with van der Waals surface area (Å²) in [5, 5.41) is 11.7. The number of amides is 1. The molecule has 2 aromatic rings. The van der Waals surface area contributed by atoms with E-state index in [2.05, 4.69) is 38.6 Å². The van der Waals surface area contributed by atoms with Gasteiger partial charge in [0.25, 0.3) is 0 Å². The van der Waals surface area contributed by atoms with Crippen molar-refractivity contribution in [1.82, 2.24) is 25.3 Å². The molecule has 2 aliphatic heterocycles. The summed E-state index contributed by atoms with van der Waals surface area (Å²) in [7, 11) is 0. The fraction of sp³-hybridized carbons (Fsp3) is 0.556. The fourth-order valence-electron chi connectivity index (χ4n) is 3.57. The molecule has 2 N–H and O–H groups in total. The van der Waals surface area contributed by atoms with Crippen molar-refractivity contribution in [3.8, 4) is 0 Å². The summed E-state index contributed by atoms with van der Waals surface area (Å²) in [6.45, 7) is 6.88. The van der Waals surface area contributed by atoms with Crippen LogP contribution in [0.15, 0.2) is 24.4 Å². The summed E-state index contributed by atoms with van der Waals surface area (Å²) in [4.78, 5) is 16.6. The van der Waals surface area contributed by atoms with Gasteiger partial charge in [0.2, 0.25) is 5.91 Å². The molecule has 25 heavy (non-hydrogen) atoms. The number of morpholine rings is 1. The Kier molecular flexibility index (Phi) is 4.96. The highest BCUT2D eigenvalue weighted by Gasteiger charge is 2.29. The summed E-state index contributed by atoms with van der Waals surface area (Å²) in [5.41, 5.74) is 2.25. The third-order valence-electron chi connectivity index (χ3n) is 5.11. The minimum Gasteiger partial charge on any atom is -0.379 e. The summed E-state index contributed by atoms with van der Waals surface area (Å²) in [6.07, 6.45) is 2.42. The highest BCUT2D eigenvalue weighted by Crippen LogP contribution is 2.15. The lowest BCUT2D eigenvalue weighted by Crippen LogP contribution is -2.42. The molecular weight excluding hydrogens is 318 g/mol. The van der Waals surface area contributed by atoms with Gasteiger partial charge >= 0.3 is 0 Å². The number of likely N-dealkylation sites (tertiary alicyclic amines) is 1. The molecule has 3 heterocycles. The van der Waals surface area contributed by atoms with E-state index in [9.17, 15) is 4.79 Å². The molecule has 0 saturated carbocycles. The number of hydrogen-bond donors (Lipinski definition) is 2. The van der Waals surface area contributed by atoms with E-state index < -0.39 is 0 Å². The van der Waals surface area contributed by atoms with Crippen molar-refractivity contribution in [2.45, 2.75) is 19.0 Å². The van der Waals surface area contributed by atoms with E-state index in [-0.39, 0.29) is 11.9 Å². The lowest BCUT2D eigenvalue weighted by atomic mass is 10.1. The standard InChI is InChI=1S/C18H25N5O2/c24-18-10-16(13-23(18)4-3-22-5-7-25-8-6-22)19-11-14-1-2-15-12-20-21-17(15)9-14/h1-2,9,12,16,19H,3-8,10-11,13H2,(H,20,21)/t16-/m0/s1. The molecule has 134 valence electrons. The van der Waals surface area contributed by atoms with Crippen LogP contribution in [-0.4, -0.2) is 77.9 Å². The Balaban J connectivity index is 1.25. The van der Waals surface area contributed by atoms with E-state index in [0.717, 1.165) is 63.4 Å². The quantitative estimate of drug-likeness (QED) is 0.803. The zero-order chi connectivity index (χ0) is 17.1. The van der Waals surface area contributed by atoms with Gasteiger partial charge in [0, 0.05) is 57.1 Å². The van der Waals surface area contributed by atoms with Gasteiger partial charge in [0.05, 0.1) is 24.9 Å². The second kappa shape index (κ2) is 7.51. The van der Waals surface area contributed by atoms with Crippen LogP contribution in [0, 0.1) is 0 Å². The SMILES string of the molecule is O=C1C[C@H](NCc2ccc3cn[nH]c3c2)CN1CCN1CCOCC1. The number of ether oxygens (including phenoxy) is 1. The van der Waals surface area contributed by atoms with Crippen LogP contribution in [-0.2, 0) is 16.1 Å². The van der Waals surface area contributed by atoms with Crippen LogP contribution >= 0.6 is 0 Å². The van der Waals surface area contributed by atoms with Crippen LogP contribution in [0.25, 0.3) is 10.9 Å². The third-order valence-corrected chi connectivity index (χ3v) is 5.11. The van der Waals surface area contributed by atoms with Gasteiger partial charge in [0.1, 0.15) is 0 Å². The van der Waals surface area contributed by atoms with Crippen molar-refractivity contribution in [2.24, 2.45) is 0 Å². The first kappa shape index (κ1) is 16.5. The molecule has 0 radical (unpaired) electrons. The van der Waals surface area contributed by atoms with Gasteiger partial charge in [-0.2, -0.15) is 5.10 Å². The van der Waals surface area contributed by atoms with Crippen molar-refractivity contribution < 1.29 is 9.53 Å². The maximum atomic E-state index is 12.2. The third kappa shape index (κ3) is 4.00. The Morgan fingerprint density at radius 3 is 3.04 bits per heavy atom. The first-order chi connectivity index (χ1) is 12.3. The van der Waals surface area contributed by atoms with Gasteiger partial charge in [-0.1, -0.05) is 12.1 Å². The zero-order valence-electron chi connectivity index (χ0n) is 14.4. The molecule has 0 aliphatic carbocycles. The Hall–Kier alpha value is -1.96. The number of carbonyl (C=O) groups is 1. The van der Waals surface area contributed by atoms with E-state index in [1.807, 2.05) is 11.1 Å². The lowest BCUT2D eigenvalue weighted by Gasteiger charge is -2.28. The van der Waals surface area contributed by atoms with Crippen molar-refractivity contribution in [2.75, 3.05) is 45.9 Å². The van der Waals surface area contributed by atoms with Crippen molar-refractivity contribution >= 4 is 16.8 Å². The Bertz CT molecular complexity index is 725. The summed E-state index contributed by atoms with van der Waals surface area (Å²) in [5.74, 6) is 0.259. The van der Waals surface area contributed by atoms with Crippen molar-refractivity contribution in [1.29, 1.82) is 0 Å². The Morgan fingerprint density at radius 1 is 1.28 bits per heavy atom. The smallest absolute Gasteiger partial charge is 0.224 e. The minimum atomic E-state index is 0.231. The normalized spacial score (nSPS) is 22.2. The van der Waals surface area contributed by atoms with Gasteiger partial charge in [-0.05, 0) is 11.6 Å². The van der Waals surface area contributed by atoms with Gasteiger partial charge in [-0.15, -0.1) is 0 Å². The predicted molar refractivity (Wildman–Crippen MR) is 95.2 cm³/mol. The molecule has 2 aliphatic rings. The van der Waals surface area contributed by atoms with Gasteiger partial charge in [-0.3, -0.25) is 14.8 Å². The van der Waals surface area contributed by atoms with Crippen LogP contribution in [0.5, 0.6) is 0 Å². The highest BCUT2D eigenvalue weighted by molar-refractivity contribution is 5.79. The number of benzene rings is 1. The predicted octanol–water partition coefficient (Wildman–Crippen LogP) is 0.586. The second-order valence-electron chi connectivity index (χ2n) is 6.87. The lowest BCUT2D eigenvalue weighted by molar-refractivity contribution is -0.128. The molecule has 0 bridgehead atoms. The van der Waals surface area contributed by atoms with E-state index >= 15 is 0 Å². The first-order valence-corrected chi connectivity index (χ1v) is 9.01. The van der Waals surface area contributed by atoms with Crippen LogP contribution in [0.3, 0.4) is 0 Å². The summed E-state index contributed by atoms with van der Waals surface area (Å²) in [6, 6.07) is 6.53. The average molecular weight is 343 g/mol. The van der Waals surface area contributed by atoms with Crippen molar-refractivity contribution in [3.05, 3.63) is 30.0 Å². The number of aromatic amines is 1. The van der Waals surface area contributed by atoms with Crippen LogP contribution in [0.4, 0.5) is 0 Å². The van der Waals surface area contributed by atoms with Gasteiger partial charge in [0.15, 0.2) is 0 Å². The van der Waals surface area contributed by atoms with Gasteiger partial charge in [-0.25, -0.2) is 0 Å². The molecule has 0 spiro atoms. The molecule has 1 aromatic carbocycles. The summed E-state index contributed by atoms with van der Waals surface area (Å²) >= 11 is 0. The highest BCUT2D eigenvalue weighted by atomic mass is 16.5. The molecule has 0 unspecified atom stereocenters. The van der Waals surface area contributed by atoms with Crippen LogP contribution in [0.2, 0.25) is 0 Å². The van der Waals surface area contributed by atoms with E-state index in [1.165, 1.54) is 5.56 Å². The van der Waals surface area contributed by atoms with E-state index in [1.54, 1.807) is 0 Å². The molecule has 2 fully saturated rings. The number of carbonyl (C=O) groups excluding carboxylic acids is 1. The number of nitrogens with one attached hydrogen (secondary N) is 2. The maximum Gasteiger partial charge on any atom is 0.224 e. The monoisotopic (exact) mass is 343 g/mol. The van der Waals surface area contributed by atoms with Crippen LogP contribution < -0.4 is 5.32 Å². The number of hydrogen-bond acceptors (Lipinski definition) is 5. The number of H-pyrrole nitrogens is 1. The molecule has 7 heteroatoms. The molecule has 4 rings (SSSR count).